The fourth-order valence-electron chi connectivity index (χ4n) is 1.93. The zero-order valence-electron chi connectivity index (χ0n) is 9.76. The monoisotopic (exact) mass is 240 g/mol. The maximum atomic E-state index is 10.7. The lowest BCUT2D eigenvalue weighted by Gasteiger charge is -2.26. The minimum absolute atomic E-state index is 0.0566. The molecule has 1 aromatic heterocycles. The van der Waals surface area contributed by atoms with Crippen molar-refractivity contribution in [2.75, 3.05) is 31.7 Å². The van der Waals surface area contributed by atoms with Gasteiger partial charge in [-0.2, -0.15) is 4.98 Å². The Morgan fingerprint density at radius 1 is 1.59 bits per heavy atom. The zero-order valence-corrected chi connectivity index (χ0v) is 9.76. The summed E-state index contributed by atoms with van der Waals surface area (Å²) in [6.07, 6.45) is 3.21. The lowest BCUT2D eigenvalue weighted by atomic mass is 10.0. The Morgan fingerprint density at radius 2 is 2.29 bits per heavy atom. The molecule has 0 atom stereocenters. The van der Waals surface area contributed by atoms with Gasteiger partial charge in [0.15, 0.2) is 5.69 Å². The molecule has 0 unspecified atom stereocenters. The van der Waals surface area contributed by atoms with E-state index in [0.717, 1.165) is 38.9 Å². The van der Waals surface area contributed by atoms with E-state index in [0.29, 0.717) is 11.9 Å². The van der Waals surface area contributed by atoms with Crippen molar-refractivity contribution >= 4 is 12.0 Å². The molecule has 6 heteroatoms. The summed E-state index contributed by atoms with van der Waals surface area (Å²) in [5.74, 6) is -0.520. The predicted molar refractivity (Wildman–Crippen MR) is 60.3 cm³/mol. The highest BCUT2D eigenvalue weighted by Gasteiger charge is 2.19. The summed E-state index contributed by atoms with van der Waals surface area (Å²) in [6.45, 7) is 2.40. The van der Waals surface area contributed by atoms with Crippen LogP contribution in [-0.4, -0.2) is 42.9 Å². The summed E-state index contributed by atoms with van der Waals surface area (Å²) < 4.78 is 10.4. The van der Waals surface area contributed by atoms with E-state index in [1.807, 2.05) is 11.9 Å². The van der Waals surface area contributed by atoms with Crippen molar-refractivity contribution in [2.24, 2.45) is 5.92 Å². The van der Waals surface area contributed by atoms with E-state index in [4.69, 9.17) is 14.3 Å². The van der Waals surface area contributed by atoms with Crippen LogP contribution in [0.5, 0.6) is 0 Å². The number of carboxylic acid groups (broad SMARTS) is 1. The fraction of sp³-hybridized carbons (Fsp3) is 0.636. The van der Waals surface area contributed by atoms with Gasteiger partial charge in [0, 0.05) is 26.8 Å². The molecule has 2 rings (SSSR count). The molecule has 0 aliphatic carbocycles. The summed E-state index contributed by atoms with van der Waals surface area (Å²) in [5.41, 5.74) is -0.0566. The largest absolute Gasteiger partial charge is 0.476 e. The molecule has 1 aliphatic heterocycles. The highest BCUT2D eigenvalue weighted by Crippen LogP contribution is 2.19. The SMILES string of the molecule is CN(CC1CCOCC1)c1nc(C(=O)O)co1. The standard InChI is InChI=1S/C11H16N2O4/c1-13(6-8-2-4-16-5-3-8)11-12-9(7-17-11)10(14)15/h7-8H,2-6H2,1H3,(H,14,15). The summed E-state index contributed by atoms with van der Waals surface area (Å²) in [7, 11) is 1.85. The highest BCUT2D eigenvalue weighted by atomic mass is 16.5. The van der Waals surface area contributed by atoms with Crippen LogP contribution in [0, 0.1) is 5.92 Å². The molecule has 1 N–H and O–H groups in total. The maximum Gasteiger partial charge on any atom is 0.357 e. The van der Waals surface area contributed by atoms with Crippen molar-refractivity contribution in [3.05, 3.63) is 12.0 Å². The van der Waals surface area contributed by atoms with Gasteiger partial charge in [-0.05, 0) is 18.8 Å². The lowest BCUT2D eigenvalue weighted by molar-refractivity contribution is 0.0682. The molecule has 0 bridgehead atoms. The number of hydrogen-bond donors (Lipinski definition) is 1. The van der Waals surface area contributed by atoms with Gasteiger partial charge in [-0.15, -0.1) is 0 Å². The van der Waals surface area contributed by atoms with Gasteiger partial charge in [0.2, 0.25) is 0 Å². The van der Waals surface area contributed by atoms with Gasteiger partial charge >= 0.3 is 5.97 Å². The second-order valence-corrected chi connectivity index (χ2v) is 4.26. The molecule has 0 saturated carbocycles. The molecule has 1 saturated heterocycles. The van der Waals surface area contributed by atoms with Crippen molar-refractivity contribution in [2.45, 2.75) is 12.8 Å². The molecule has 0 aromatic carbocycles. The Hall–Kier alpha value is -1.56. The third kappa shape index (κ3) is 2.97. The summed E-state index contributed by atoms with van der Waals surface area (Å²) in [6, 6.07) is 0.355. The van der Waals surface area contributed by atoms with Gasteiger partial charge in [0.05, 0.1) is 0 Å². The molecule has 1 aromatic rings. The zero-order chi connectivity index (χ0) is 12.3. The van der Waals surface area contributed by atoms with Gasteiger partial charge in [-0.1, -0.05) is 0 Å². The average molecular weight is 240 g/mol. The molecule has 1 aliphatic rings. The Labute approximate surface area is 99.2 Å². The number of hydrogen-bond acceptors (Lipinski definition) is 5. The number of aromatic nitrogens is 1. The maximum absolute atomic E-state index is 10.7. The van der Waals surface area contributed by atoms with Crippen molar-refractivity contribution in [1.29, 1.82) is 0 Å². The van der Waals surface area contributed by atoms with Gasteiger partial charge < -0.3 is 19.2 Å². The highest BCUT2D eigenvalue weighted by molar-refractivity contribution is 5.85. The topological polar surface area (TPSA) is 75.8 Å². The Morgan fingerprint density at radius 3 is 2.88 bits per heavy atom. The summed E-state index contributed by atoms with van der Waals surface area (Å²) in [4.78, 5) is 16.4. The first-order valence-corrected chi connectivity index (χ1v) is 5.64. The molecule has 0 amide bonds. The van der Waals surface area contributed by atoms with E-state index >= 15 is 0 Å². The number of rotatable bonds is 4. The number of anilines is 1. The molecule has 0 spiro atoms. The van der Waals surface area contributed by atoms with Crippen LogP contribution in [0.1, 0.15) is 23.3 Å². The number of oxazole rings is 1. The minimum Gasteiger partial charge on any atom is -0.476 e. The number of carboxylic acids is 1. The number of aromatic carboxylic acids is 1. The fourth-order valence-corrected chi connectivity index (χ4v) is 1.93. The van der Waals surface area contributed by atoms with E-state index < -0.39 is 5.97 Å². The molecule has 94 valence electrons. The molecule has 0 radical (unpaired) electrons. The Bertz CT molecular complexity index is 385. The van der Waals surface area contributed by atoms with Crippen LogP contribution in [0.25, 0.3) is 0 Å². The van der Waals surface area contributed by atoms with E-state index in [1.165, 1.54) is 0 Å². The second kappa shape index (κ2) is 5.18. The first-order chi connectivity index (χ1) is 8.16. The van der Waals surface area contributed by atoms with Crippen LogP contribution in [0.15, 0.2) is 10.7 Å². The number of carbonyl (C=O) groups is 1. The van der Waals surface area contributed by atoms with Crippen LogP contribution in [0.2, 0.25) is 0 Å². The van der Waals surface area contributed by atoms with Crippen molar-refractivity contribution in [3.8, 4) is 0 Å². The molecule has 2 heterocycles. The molecule has 6 nitrogen and oxygen atoms in total. The van der Waals surface area contributed by atoms with Crippen molar-refractivity contribution in [3.63, 3.8) is 0 Å². The Balaban J connectivity index is 1.93. The molecular weight excluding hydrogens is 224 g/mol. The predicted octanol–water partition coefficient (Wildman–Crippen LogP) is 1.24. The third-order valence-corrected chi connectivity index (χ3v) is 2.91. The van der Waals surface area contributed by atoms with Gasteiger partial charge in [-0.3, -0.25) is 0 Å². The van der Waals surface area contributed by atoms with Crippen LogP contribution in [0.3, 0.4) is 0 Å². The van der Waals surface area contributed by atoms with E-state index in [1.54, 1.807) is 0 Å². The van der Waals surface area contributed by atoms with Gasteiger partial charge in [0.25, 0.3) is 6.01 Å². The quantitative estimate of drug-likeness (QED) is 0.853. The summed E-state index contributed by atoms with van der Waals surface area (Å²) in [5, 5.41) is 8.74. The second-order valence-electron chi connectivity index (χ2n) is 4.26. The molecule has 17 heavy (non-hydrogen) atoms. The first kappa shape index (κ1) is 11.9. The van der Waals surface area contributed by atoms with E-state index in [2.05, 4.69) is 4.98 Å². The average Bonchev–Trinajstić information content (AvgIpc) is 2.79. The van der Waals surface area contributed by atoms with Crippen LogP contribution < -0.4 is 4.90 Å². The third-order valence-electron chi connectivity index (χ3n) is 2.91. The molecule has 1 fully saturated rings. The summed E-state index contributed by atoms with van der Waals surface area (Å²) >= 11 is 0. The Kier molecular flexibility index (Phi) is 3.63. The smallest absolute Gasteiger partial charge is 0.357 e. The van der Waals surface area contributed by atoms with E-state index in [9.17, 15) is 4.79 Å². The van der Waals surface area contributed by atoms with Crippen molar-refractivity contribution < 1.29 is 19.1 Å². The first-order valence-electron chi connectivity index (χ1n) is 5.64. The van der Waals surface area contributed by atoms with Crippen molar-refractivity contribution in [1.82, 2.24) is 4.98 Å². The number of nitrogens with zero attached hydrogens (tertiary/aromatic N) is 2. The van der Waals surface area contributed by atoms with Gasteiger partial charge in [-0.25, -0.2) is 4.79 Å². The minimum atomic E-state index is -1.07. The van der Waals surface area contributed by atoms with E-state index in [-0.39, 0.29) is 5.69 Å². The molecular formula is C11H16N2O4. The van der Waals surface area contributed by atoms with Crippen LogP contribution in [0.4, 0.5) is 6.01 Å². The lowest BCUT2D eigenvalue weighted by Crippen LogP contribution is -2.29. The van der Waals surface area contributed by atoms with Crippen LogP contribution >= 0.6 is 0 Å². The van der Waals surface area contributed by atoms with Crippen LogP contribution in [-0.2, 0) is 4.74 Å². The number of ether oxygens (including phenoxy) is 1. The normalized spacial score (nSPS) is 17.0. The van der Waals surface area contributed by atoms with Gasteiger partial charge in [0.1, 0.15) is 6.26 Å².